The van der Waals surface area contributed by atoms with Crippen LogP contribution in [0.5, 0.6) is 0 Å². The topological polar surface area (TPSA) is 60.2 Å². The maximum Gasteiger partial charge on any atom is 0.418 e. The zero-order valence-corrected chi connectivity index (χ0v) is 12.9. The lowest BCUT2D eigenvalue weighted by Gasteiger charge is -2.14. The van der Waals surface area contributed by atoms with Crippen LogP contribution in [0, 0.1) is 11.3 Å². The first-order chi connectivity index (χ1) is 11.4. The summed E-state index contributed by atoms with van der Waals surface area (Å²) in [6, 6.07) is 13.6. The number of hydrogen-bond donors (Lipinski definition) is 2. The second-order valence-corrected chi connectivity index (χ2v) is 5.01. The molecule has 0 aliphatic heterocycles. The van der Waals surface area contributed by atoms with Crippen LogP contribution in [0.25, 0.3) is 0 Å². The van der Waals surface area contributed by atoms with Crippen LogP contribution in [0.2, 0.25) is 0 Å². The third-order valence-electron chi connectivity index (χ3n) is 2.90. The van der Waals surface area contributed by atoms with Crippen molar-refractivity contribution >= 4 is 29.2 Å². The summed E-state index contributed by atoms with van der Waals surface area (Å²) >= 11 is 4.93. The predicted molar refractivity (Wildman–Crippen MR) is 89.6 cm³/mol. The Labute approximate surface area is 141 Å². The standard InChI is InChI=1S/C16H11F3N4S/c17-16(18,19)13-3-1-2-4-14(13)22-15(24)23-21-10-12-7-5-11(9-20)6-8-12/h1-8,10H,(H2,22,23,24)/b21-10+. The molecule has 0 aromatic heterocycles. The molecule has 0 aliphatic rings. The van der Waals surface area contributed by atoms with E-state index in [1.807, 2.05) is 6.07 Å². The molecule has 8 heteroatoms. The van der Waals surface area contributed by atoms with Crippen LogP contribution in [0.1, 0.15) is 16.7 Å². The number of rotatable bonds is 3. The Morgan fingerprint density at radius 1 is 1.12 bits per heavy atom. The molecule has 2 aromatic carbocycles. The number of nitriles is 1. The summed E-state index contributed by atoms with van der Waals surface area (Å²) in [5, 5.41) is 14.9. The summed E-state index contributed by atoms with van der Waals surface area (Å²) in [6.45, 7) is 0. The lowest BCUT2D eigenvalue weighted by molar-refractivity contribution is -0.136. The van der Waals surface area contributed by atoms with Gasteiger partial charge in [0.2, 0.25) is 0 Å². The molecule has 0 saturated heterocycles. The molecule has 0 spiro atoms. The van der Waals surface area contributed by atoms with Gasteiger partial charge in [0.05, 0.1) is 29.1 Å². The third-order valence-corrected chi connectivity index (χ3v) is 3.09. The van der Waals surface area contributed by atoms with E-state index in [4.69, 9.17) is 17.5 Å². The highest BCUT2D eigenvalue weighted by Gasteiger charge is 2.33. The fourth-order valence-electron chi connectivity index (χ4n) is 1.80. The number of hydrazone groups is 1. The molecular weight excluding hydrogens is 337 g/mol. The number of halogens is 3. The molecule has 0 unspecified atom stereocenters. The normalized spacial score (nSPS) is 11.1. The molecule has 4 nitrogen and oxygen atoms in total. The molecule has 0 radical (unpaired) electrons. The van der Waals surface area contributed by atoms with Crippen molar-refractivity contribution in [3.8, 4) is 6.07 Å². The molecule has 24 heavy (non-hydrogen) atoms. The first-order valence-corrected chi connectivity index (χ1v) is 7.07. The Bertz CT molecular complexity index is 792. The quantitative estimate of drug-likeness (QED) is 0.502. The molecular formula is C16H11F3N4S. The fourth-order valence-corrected chi connectivity index (χ4v) is 1.96. The van der Waals surface area contributed by atoms with Crippen LogP contribution in [-0.2, 0) is 6.18 Å². The zero-order valence-electron chi connectivity index (χ0n) is 12.1. The van der Waals surface area contributed by atoms with Crippen LogP contribution in [0.3, 0.4) is 0 Å². The van der Waals surface area contributed by atoms with Crippen molar-refractivity contribution < 1.29 is 13.2 Å². The van der Waals surface area contributed by atoms with Gasteiger partial charge in [0.25, 0.3) is 0 Å². The maximum atomic E-state index is 12.9. The number of hydrogen-bond acceptors (Lipinski definition) is 3. The lowest BCUT2D eigenvalue weighted by Crippen LogP contribution is -2.25. The summed E-state index contributed by atoms with van der Waals surface area (Å²) in [5.41, 5.74) is 2.70. The second kappa shape index (κ2) is 7.57. The number of benzene rings is 2. The Morgan fingerprint density at radius 2 is 1.79 bits per heavy atom. The predicted octanol–water partition coefficient (Wildman–Crippen LogP) is 3.90. The fraction of sp³-hybridized carbons (Fsp3) is 0.0625. The highest BCUT2D eigenvalue weighted by atomic mass is 32.1. The Morgan fingerprint density at radius 3 is 2.42 bits per heavy atom. The number of para-hydroxylation sites is 1. The molecule has 0 heterocycles. The molecule has 0 fully saturated rings. The maximum absolute atomic E-state index is 12.9. The number of alkyl halides is 3. The van der Waals surface area contributed by atoms with Crippen molar-refractivity contribution in [2.45, 2.75) is 6.18 Å². The average Bonchev–Trinajstić information content (AvgIpc) is 2.55. The minimum Gasteiger partial charge on any atom is -0.331 e. The van der Waals surface area contributed by atoms with Gasteiger partial charge >= 0.3 is 6.18 Å². The van der Waals surface area contributed by atoms with Crippen molar-refractivity contribution in [3.05, 3.63) is 65.2 Å². The summed E-state index contributed by atoms with van der Waals surface area (Å²) in [5.74, 6) is 0. The van der Waals surface area contributed by atoms with Crippen LogP contribution in [0.4, 0.5) is 18.9 Å². The molecule has 122 valence electrons. The first kappa shape index (κ1) is 17.4. The summed E-state index contributed by atoms with van der Waals surface area (Å²) in [7, 11) is 0. The first-order valence-electron chi connectivity index (χ1n) is 6.66. The van der Waals surface area contributed by atoms with Gasteiger partial charge in [-0.05, 0) is 42.0 Å². The lowest BCUT2D eigenvalue weighted by atomic mass is 10.2. The third kappa shape index (κ3) is 4.79. The SMILES string of the molecule is N#Cc1ccc(/C=N/NC(=S)Nc2ccccc2C(F)(F)F)cc1. The molecule has 2 aromatic rings. The van der Waals surface area contributed by atoms with Crippen molar-refractivity contribution in [2.75, 3.05) is 5.32 Å². The van der Waals surface area contributed by atoms with Crippen molar-refractivity contribution in [2.24, 2.45) is 5.10 Å². The number of anilines is 1. The molecule has 2 N–H and O–H groups in total. The Hall–Kier alpha value is -2.92. The van der Waals surface area contributed by atoms with Crippen LogP contribution in [-0.4, -0.2) is 11.3 Å². The van der Waals surface area contributed by atoms with E-state index in [9.17, 15) is 13.2 Å². The highest BCUT2D eigenvalue weighted by Crippen LogP contribution is 2.34. The monoisotopic (exact) mass is 348 g/mol. The summed E-state index contributed by atoms with van der Waals surface area (Å²) in [6.07, 6.45) is -3.05. The Kier molecular flexibility index (Phi) is 5.50. The van der Waals surface area contributed by atoms with Crippen LogP contribution >= 0.6 is 12.2 Å². The van der Waals surface area contributed by atoms with Gasteiger partial charge in [-0.1, -0.05) is 24.3 Å². The second-order valence-electron chi connectivity index (χ2n) is 4.60. The molecule has 0 atom stereocenters. The van der Waals surface area contributed by atoms with Crippen LogP contribution in [0.15, 0.2) is 53.6 Å². The van der Waals surface area contributed by atoms with E-state index >= 15 is 0 Å². The van der Waals surface area contributed by atoms with E-state index in [0.29, 0.717) is 11.1 Å². The van der Waals surface area contributed by atoms with Gasteiger partial charge in [0.15, 0.2) is 5.11 Å². The molecule has 2 rings (SSSR count). The van der Waals surface area contributed by atoms with Gasteiger partial charge in [0.1, 0.15) is 0 Å². The van der Waals surface area contributed by atoms with E-state index in [1.54, 1.807) is 24.3 Å². The molecule has 0 amide bonds. The molecule has 0 bridgehead atoms. The molecule has 0 aliphatic carbocycles. The van der Waals surface area contributed by atoms with Crippen molar-refractivity contribution in [1.82, 2.24) is 5.43 Å². The summed E-state index contributed by atoms with van der Waals surface area (Å²) < 4.78 is 38.6. The van der Waals surface area contributed by atoms with Crippen molar-refractivity contribution in [3.63, 3.8) is 0 Å². The van der Waals surface area contributed by atoms with Gasteiger partial charge < -0.3 is 5.32 Å². The van der Waals surface area contributed by atoms with Gasteiger partial charge in [-0.2, -0.15) is 23.5 Å². The van der Waals surface area contributed by atoms with E-state index < -0.39 is 11.7 Å². The smallest absolute Gasteiger partial charge is 0.331 e. The van der Waals surface area contributed by atoms with E-state index in [2.05, 4.69) is 15.8 Å². The Balaban J connectivity index is 1.99. The minimum absolute atomic E-state index is 0.0726. The number of thiocarbonyl (C=S) groups is 1. The highest BCUT2D eigenvalue weighted by molar-refractivity contribution is 7.80. The molecule has 0 saturated carbocycles. The van der Waals surface area contributed by atoms with Gasteiger partial charge in [0, 0.05) is 0 Å². The van der Waals surface area contributed by atoms with Crippen molar-refractivity contribution in [1.29, 1.82) is 5.26 Å². The largest absolute Gasteiger partial charge is 0.418 e. The number of nitrogens with one attached hydrogen (secondary N) is 2. The zero-order chi connectivity index (χ0) is 17.6. The number of nitrogens with zero attached hydrogens (tertiary/aromatic N) is 2. The van der Waals surface area contributed by atoms with E-state index in [1.165, 1.54) is 24.4 Å². The average molecular weight is 348 g/mol. The van der Waals surface area contributed by atoms with E-state index in [-0.39, 0.29) is 10.8 Å². The summed E-state index contributed by atoms with van der Waals surface area (Å²) in [4.78, 5) is 0. The van der Waals surface area contributed by atoms with Gasteiger partial charge in [-0.15, -0.1) is 0 Å². The van der Waals surface area contributed by atoms with Gasteiger partial charge in [-0.3, -0.25) is 5.43 Å². The van der Waals surface area contributed by atoms with Gasteiger partial charge in [-0.25, -0.2) is 0 Å². The van der Waals surface area contributed by atoms with E-state index in [0.717, 1.165) is 6.07 Å². The van der Waals surface area contributed by atoms with Crippen LogP contribution < -0.4 is 10.7 Å². The minimum atomic E-state index is -4.48.